The SMILES string of the molecule is CCCC(NC(=O)C1[C@H]2CC[C@H](F)[C@H]2CN1C(=O)C(NC(=O)[C@H](NC(=O)c1cnccn1)C(C)C)C(C)C)C(=O)C(=O)N[C@@H](Cc1ccccc1)C(=O)O. The molecule has 1 aliphatic carbocycles. The molecule has 5 amide bonds. The van der Waals surface area contributed by atoms with Gasteiger partial charge in [0.25, 0.3) is 11.8 Å². The molecular weight excluding hydrogens is 701 g/mol. The largest absolute Gasteiger partial charge is 0.480 e. The number of alkyl halides is 1. The highest BCUT2D eigenvalue weighted by atomic mass is 19.1. The summed E-state index contributed by atoms with van der Waals surface area (Å²) in [6.07, 6.45) is 3.52. The average molecular weight is 752 g/mol. The highest BCUT2D eigenvalue weighted by Crippen LogP contribution is 2.44. The Labute approximate surface area is 313 Å². The minimum absolute atomic E-state index is 0.00287. The summed E-state index contributed by atoms with van der Waals surface area (Å²) in [5.41, 5.74) is 0.624. The highest BCUT2D eigenvalue weighted by molar-refractivity contribution is 6.38. The number of ketones is 1. The number of hydrogen-bond acceptors (Lipinski definition) is 9. The predicted molar refractivity (Wildman–Crippen MR) is 193 cm³/mol. The number of nitrogens with one attached hydrogen (secondary N) is 4. The van der Waals surface area contributed by atoms with Crippen LogP contribution in [0.5, 0.6) is 0 Å². The first-order valence-electron chi connectivity index (χ1n) is 18.4. The van der Waals surface area contributed by atoms with Gasteiger partial charge >= 0.3 is 5.97 Å². The van der Waals surface area contributed by atoms with E-state index >= 15 is 4.39 Å². The van der Waals surface area contributed by atoms with Crippen molar-refractivity contribution >= 4 is 41.3 Å². The van der Waals surface area contributed by atoms with E-state index in [1.165, 1.54) is 23.5 Å². The molecule has 4 rings (SSSR count). The van der Waals surface area contributed by atoms with Crippen LogP contribution in [0, 0.1) is 23.7 Å². The van der Waals surface area contributed by atoms with Crippen LogP contribution in [0.1, 0.15) is 76.4 Å². The lowest BCUT2D eigenvalue weighted by atomic mass is 9.92. The van der Waals surface area contributed by atoms with Gasteiger partial charge < -0.3 is 31.3 Å². The molecule has 0 radical (unpaired) electrons. The van der Waals surface area contributed by atoms with Crippen molar-refractivity contribution in [1.29, 1.82) is 0 Å². The molecule has 16 heteroatoms. The van der Waals surface area contributed by atoms with E-state index in [0.717, 1.165) is 0 Å². The van der Waals surface area contributed by atoms with Crippen LogP contribution < -0.4 is 21.3 Å². The number of aliphatic carboxylic acids is 1. The van der Waals surface area contributed by atoms with Crippen molar-refractivity contribution in [1.82, 2.24) is 36.1 Å². The third-order valence-corrected chi connectivity index (χ3v) is 10.1. The molecule has 0 spiro atoms. The zero-order valence-electron chi connectivity index (χ0n) is 31.2. The van der Waals surface area contributed by atoms with Crippen molar-refractivity contribution in [2.24, 2.45) is 23.7 Å². The number of aromatic nitrogens is 2. The van der Waals surface area contributed by atoms with Gasteiger partial charge in [0.2, 0.25) is 23.5 Å². The summed E-state index contributed by atoms with van der Waals surface area (Å²) in [5.74, 6) is -8.41. The van der Waals surface area contributed by atoms with Crippen molar-refractivity contribution in [2.45, 2.75) is 103 Å². The van der Waals surface area contributed by atoms with E-state index in [4.69, 9.17) is 0 Å². The second kappa shape index (κ2) is 18.7. The normalized spacial score (nSPS) is 21.4. The van der Waals surface area contributed by atoms with Crippen LogP contribution in [0.25, 0.3) is 0 Å². The molecule has 1 saturated heterocycles. The number of carboxylic acids is 1. The van der Waals surface area contributed by atoms with E-state index in [0.29, 0.717) is 18.4 Å². The molecule has 2 heterocycles. The first kappa shape index (κ1) is 41.5. The number of amides is 5. The van der Waals surface area contributed by atoms with Crippen molar-refractivity contribution in [3.63, 3.8) is 0 Å². The smallest absolute Gasteiger partial charge is 0.326 e. The van der Waals surface area contributed by atoms with Gasteiger partial charge in [-0.3, -0.25) is 33.8 Å². The number of benzene rings is 1. The van der Waals surface area contributed by atoms with Crippen LogP contribution in [-0.4, -0.2) is 104 Å². The molecule has 292 valence electrons. The minimum Gasteiger partial charge on any atom is -0.480 e. The Morgan fingerprint density at radius 1 is 0.870 bits per heavy atom. The number of likely N-dealkylation sites (tertiary alicyclic amines) is 1. The van der Waals surface area contributed by atoms with Crippen molar-refractivity contribution in [3.8, 4) is 0 Å². The van der Waals surface area contributed by atoms with E-state index in [9.17, 15) is 38.7 Å². The minimum atomic E-state index is -1.41. The molecule has 2 aliphatic rings. The maximum atomic E-state index is 15.2. The number of nitrogens with zero attached hydrogens (tertiary/aromatic N) is 3. The van der Waals surface area contributed by atoms with E-state index in [-0.39, 0.29) is 31.5 Å². The van der Waals surface area contributed by atoms with Crippen LogP contribution in [0.2, 0.25) is 0 Å². The van der Waals surface area contributed by atoms with E-state index in [2.05, 4.69) is 31.2 Å². The average Bonchev–Trinajstić information content (AvgIpc) is 3.71. The Hall–Kier alpha value is -5.28. The summed E-state index contributed by atoms with van der Waals surface area (Å²) >= 11 is 0. The van der Waals surface area contributed by atoms with E-state index < -0.39 is 101 Å². The molecule has 3 unspecified atom stereocenters. The highest BCUT2D eigenvalue weighted by Gasteiger charge is 2.55. The summed E-state index contributed by atoms with van der Waals surface area (Å²) in [4.78, 5) is 103. The van der Waals surface area contributed by atoms with Crippen molar-refractivity contribution in [2.75, 3.05) is 6.54 Å². The number of fused-ring (bicyclic) bond motifs is 1. The molecular formula is C38H50FN7O8. The molecule has 5 N–H and O–H groups in total. The number of rotatable bonds is 17. The Kier molecular flexibility index (Phi) is 14.3. The van der Waals surface area contributed by atoms with Crippen molar-refractivity contribution in [3.05, 3.63) is 60.2 Å². The van der Waals surface area contributed by atoms with Gasteiger partial charge in [-0.15, -0.1) is 0 Å². The Bertz CT molecular complexity index is 1680. The maximum Gasteiger partial charge on any atom is 0.326 e. The number of carboxylic acid groups (broad SMARTS) is 1. The third-order valence-electron chi connectivity index (χ3n) is 10.1. The van der Waals surface area contributed by atoms with Gasteiger partial charge in [-0.2, -0.15) is 0 Å². The van der Waals surface area contributed by atoms with Gasteiger partial charge in [0.05, 0.1) is 12.2 Å². The molecule has 1 saturated carbocycles. The van der Waals surface area contributed by atoms with Crippen LogP contribution in [0.4, 0.5) is 4.39 Å². The summed E-state index contributed by atoms with van der Waals surface area (Å²) in [5, 5.41) is 20.0. The van der Waals surface area contributed by atoms with Gasteiger partial charge in [-0.05, 0) is 42.6 Å². The molecule has 2 fully saturated rings. The molecule has 1 aliphatic heterocycles. The fourth-order valence-electron chi connectivity index (χ4n) is 7.18. The molecule has 0 bridgehead atoms. The van der Waals surface area contributed by atoms with Gasteiger partial charge in [0, 0.05) is 31.3 Å². The molecule has 2 aromatic rings. The lowest BCUT2D eigenvalue weighted by Gasteiger charge is -2.34. The summed E-state index contributed by atoms with van der Waals surface area (Å²) < 4.78 is 15.2. The topological polar surface area (TPSA) is 217 Å². The molecule has 1 aromatic carbocycles. The quantitative estimate of drug-likeness (QED) is 0.147. The van der Waals surface area contributed by atoms with Gasteiger partial charge in [-0.1, -0.05) is 71.4 Å². The van der Waals surface area contributed by atoms with Crippen LogP contribution in [-0.2, 0) is 35.2 Å². The van der Waals surface area contributed by atoms with E-state index in [1.807, 2.05) is 0 Å². The van der Waals surface area contributed by atoms with Gasteiger partial charge in [-0.25, -0.2) is 14.2 Å². The molecule has 15 nitrogen and oxygen atoms in total. The Balaban J connectivity index is 1.52. The van der Waals surface area contributed by atoms with Crippen LogP contribution in [0.3, 0.4) is 0 Å². The second-order valence-electron chi connectivity index (χ2n) is 14.6. The Morgan fingerprint density at radius 2 is 1.56 bits per heavy atom. The van der Waals surface area contributed by atoms with Crippen LogP contribution >= 0.6 is 0 Å². The summed E-state index contributed by atoms with van der Waals surface area (Å²) in [6, 6.07) is 2.35. The number of carbonyl (C=O) groups excluding carboxylic acids is 6. The van der Waals surface area contributed by atoms with Gasteiger partial charge in [0.15, 0.2) is 0 Å². The third kappa shape index (κ3) is 10.0. The number of carbonyl (C=O) groups is 7. The monoisotopic (exact) mass is 751 g/mol. The fraction of sp³-hybridized carbons (Fsp3) is 0.553. The summed E-state index contributed by atoms with van der Waals surface area (Å²) in [7, 11) is 0. The maximum absolute atomic E-state index is 15.2. The number of Topliss-reactive ketones (excluding diaryl/α,β-unsaturated/α-hetero) is 1. The number of halogens is 1. The lowest BCUT2D eigenvalue weighted by Crippen LogP contribution is -2.60. The zero-order chi connectivity index (χ0) is 39.7. The number of hydrogen-bond donors (Lipinski definition) is 5. The zero-order valence-corrected chi connectivity index (χ0v) is 31.2. The Morgan fingerprint density at radius 3 is 2.15 bits per heavy atom. The molecule has 54 heavy (non-hydrogen) atoms. The summed E-state index contributed by atoms with van der Waals surface area (Å²) in [6.45, 7) is 8.47. The predicted octanol–water partition coefficient (Wildman–Crippen LogP) is 1.61. The molecule has 8 atom stereocenters. The van der Waals surface area contributed by atoms with E-state index in [1.54, 1.807) is 65.0 Å². The van der Waals surface area contributed by atoms with Crippen LogP contribution in [0.15, 0.2) is 48.9 Å². The van der Waals surface area contributed by atoms with Crippen molar-refractivity contribution < 1.29 is 43.1 Å². The first-order valence-corrected chi connectivity index (χ1v) is 18.4. The lowest BCUT2D eigenvalue weighted by molar-refractivity contribution is -0.146. The van der Waals surface area contributed by atoms with Gasteiger partial charge in [0.1, 0.15) is 36.0 Å². The first-order chi connectivity index (χ1) is 25.6. The molecule has 1 aromatic heterocycles. The fourth-order valence-corrected chi connectivity index (χ4v) is 7.18. The standard InChI is InChI=1S/C38H50FN7O8/c1-6-10-26(32(47)36(51)43-27(38(53)54)17-22-11-8-7-9-12-22)42-35(50)31-23-13-14-25(39)24(23)19-46(31)37(52)30(21(4)5)45-34(49)29(20(2)3)44-33(48)28-18-40-15-16-41-28/h7-9,11-12,15-16,18,20-21,23-27,29-31H,6,10,13-14,17,19H2,1-5H3,(H,42,50)(H,43,51)(H,44,48)(H,45,49)(H,53,54)/t23-,24-,25-,26?,27-,29+,30?,31?/m0/s1. The second-order valence-corrected chi connectivity index (χ2v) is 14.6.